The fourth-order valence-corrected chi connectivity index (χ4v) is 3.00. The lowest BCUT2D eigenvalue weighted by Gasteiger charge is -2.17. The number of ether oxygens (including phenoxy) is 3. The second kappa shape index (κ2) is 11.9. The van der Waals surface area contributed by atoms with Crippen LogP contribution < -0.4 is 25.4 Å². The van der Waals surface area contributed by atoms with E-state index in [1.165, 1.54) is 0 Å². The van der Waals surface area contributed by atoms with E-state index in [1.807, 2.05) is 38.1 Å². The lowest BCUT2D eigenvalue weighted by molar-refractivity contribution is 0.190. The van der Waals surface area contributed by atoms with Crippen molar-refractivity contribution in [1.82, 2.24) is 5.32 Å². The number of hydrogen-bond donors (Lipinski definition) is 3. The molecule has 1 atom stereocenters. The summed E-state index contributed by atoms with van der Waals surface area (Å²) in [5.41, 5.74) is 1.62. The highest BCUT2D eigenvalue weighted by atomic mass is 16.5. The number of urea groups is 1. The van der Waals surface area contributed by atoms with Crippen LogP contribution >= 0.6 is 0 Å². The molecule has 0 aliphatic rings. The average molecular weight is 416 g/mol. The Balaban J connectivity index is 2.02. The molecule has 2 aromatic rings. The predicted octanol–water partition coefficient (Wildman–Crippen LogP) is 5.24. The average Bonchev–Trinajstić information content (AvgIpc) is 2.74. The Bertz CT molecular complexity index is 792. The van der Waals surface area contributed by atoms with Gasteiger partial charge in [-0.3, -0.25) is 0 Å². The molecule has 0 aromatic heterocycles. The van der Waals surface area contributed by atoms with Crippen molar-refractivity contribution in [3.63, 3.8) is 0 Å². The molecule has 7 heteroatoms. The lowest BCUT2D eigenvalue weighted by atomic mass is 10.2. The molecule has 30 heavy (non-hydrogen) atoms. The van der Waals surface area contributed by atoms with E-state index in [9.17, 15) is 4.79 Å². The standard InChI is InChI=1S/C23H33N3O4/c1-6-17(7-2)25-23(27)26-19-10-13-21(22(14-19)29-5)30-20-11-8-18(9-12-20)24-16(3)15-28-4/h8-14,16-17,24H,6-7,15H2,1-5H3,(H2,25,26,27). The minimum absolute atomic E-state index is 0.157. The quantitative estimate of drug-likeness (QED) is 0.467. The molecular weight excluding hydrogens is 382 g/mol. The number of amides is 2. The summed E-state index contributed by atoms with van der Waals surface area (Å²) in [4.78, 5) is 12.2. The van der Waals surface area contributed by atoms with Crippen LogP contribution in [-0.4, -0.2) is 38.9 Å². The highest BCUT2D eigenvalue weighted by molar-refractivity contribution is 5.89. The molecule has 0 spiro atoms. The number of carbonyl (C=O) groups is 1. The number of methoxy groups -OCH3 is 2. The zero-order valence-electron chi connectivity index (χ0n) is 18.5. The summed E-state index contributed by atoms with van der Waals surface area (Å²) in [6, 6.07) is 13.1. The van der Waals surface area contributed by atoms with E-state index in [1.54, 1.807) is 32.4 Å². The maximum atomic E-state index is 12.2. The first-order chi connectivity index (χ1) is 14.5. The van der Waals surface area contributed by atoms with Crippen molar-refractivity contribution < 1.29 is 19.0 Å². The Kier molecular flexibility index (Phi) is 9.28. The third-order valence-corrected chi connectivity index (χ3v) is 4.65. The van der Waals surface area contributed by atoms with Crippen LogP contribution in [0.1, 0.15) is 33.6 Å². The lowest BCUT2D eigenvalue weighted by Crippen LogP contribution is -2.37. The van der Waals surface area contributed by atoms with E-state index in [0.29, 0.717) is 29.5 Å². The number of carbonyl (C=O) groups excluding carboxylic acids is 1. The van der Waals surface area contributed by atoms with E-state index in [2.05, 4.69) is 22.9 Å². The predicted molar refractivity (Wildman–Crippen MR) is 121 cm³/mol. The molecule has 0 saturated heterocycles. The topological polar surface area (TPSA) is 80.9 Å². The number of benzene rings is 2. The second-order valence-electron chi connectivity index (χ2n) is 7.10. The van der Waals surface area contributed by atoms with E-state index in [4.69, 9.17) is 14.2 Å². The smallest absolute Gasteiger partial charge is 0.319 e. The van der Waals surface area contributed by atoms with Crippen LogP contribution in [0, 0.1) is 0 Å². The summed E-state index contributed by atoms with van der Waals surface area (Å²) in [6.07, 6.45) is 1.78. The van der Waals surface area contributed by atoms with Gasteiger partial charge in [0.05, 0.1) is 13.7 Å². The van der Waals surface area contributed by atoms with Gasteiger partial charge in [0.15, 0.2) is 11.5 Å². The van der Waals surface area contributed by atoms with Crippen LogP contribution in [0.5, 0.6) is 17.2 Å². The molecule has 0 aliphatic heterocycles. The molecule has 2 aromatic carbocycles. The van der Waals surface area contributed by atoms with Crippen LogP contribution in [0.3, 0.4) is 0 Å². The van der Waals surface area contributed by atoms with E-state index in [-0.39, 0.29) is 18.1 Å². The Morgan fingerprint density at radius 1 is 0.967 bits per heavy atom. The van der Waals surface area contributed by atoms with Crippen molar-refractivity contribution in [3.05, 3.63) is 42.5 Å². The Hall–Kier alpha value is -2.93. The van der Waals surface area contributed by atoms with E-state index < -0.39 is 0 Å². The molecule has 0 saturated carbocycles. The Morgan fingerprint density at radius 2 is 1.63 bits per heavy atom. The van der Waals surface area contributed by atoms with Gasteiger partial charge < -0.3 is 30.2 Å². The molecule has 3 N–H and O–H groups in total. The van der Waals surface area contributed by atoms with Gasteiger partial charge in [-0.15, -0.1) is 0 Å². The number of hydrogen-bond acceptors (Lipinski definition) is 5. The minimum Gasteiger partial charge on any atom is -0.493 e. The molecule has 0 bridgehead atoms. The largest absolute Gasteiger partial charge is 0.493 e. The summed E-state index contributed by atoms with van der Waals surface area (Å²) < 4.78 is 16.5. The molecule has 0 radical (unpaired) electrons. The van der Waals surface area contributed by atoms with Crippen LogP contribution in [0.15, 0.2) is 42.5 Å². The van der Waals surface area contributed by atoms with Crippen molar-refractivity contribution >= 4 is 17.4 Å². The normalized spacial score (nSPS) is 11.7. The highest BCUT2D eigenvalue weighted by Gasteiger charge is 2.11. The van der Waals surface area contributed by atoms with Gasteiger partial charge in [0, 0.05) is 36.6 Å². The number of anilines is 2. The van der Waals surface area contributed by atoms with Crippen molar-refractivity contribution in [1.29, 1.82) is 0 Å². The molecule has 2 rings (SSSR count). The van der Waals surface area contributed by atoms with E-state index >= 15 is 0 Å². The molecule has 0 heterocycles. The summed E-state index contributed by atoms with van der Waals surface area (Å²) >= 11 is 0. The first-order valence-electron chi connectivity index (χ1n) is 10.3. The fourth-order valence-electron chi connectivity index (χ4n) is 3.00. The van der Waals surface area contributed by atoms with E-state index in [0.717, 1.165) is 18.5 Å². The minimum atomic E-state index is -0.231. The third-order valence-electron chi connectivity index (χ3n) is 4.65. The summed E-state index contributed by atoms with van der Waals surface area (Å²) in [5.74, 6) is 1.79. The van der Waals surface area contributed by atoms with Gasteiger partial charge >= 0.3 is 6.03 Å². The molecule has 2 amide bonds. The first kappa shape index (κ1) is 23.3. The molecule has 7 nitrogen and oxygen atoms in total. The van der Waals surface area contributed by atoms with Gasteiger partial charge in [-0.2, -0.15) is 0 Å². The molecular formula is C23H33N3O4. The molecule has 1 unspecified atom stereocenters. The van der Waals surface area contributed by atoms with Gasteiger partial charge in [-0.25, -0.2) is 4.79 Å². The number of nitrogens with one attached hydrogen (secondary N) is 3. The van der Waals surface area contributed by atoms with Gasteiger partial charge in [0.25, 0.3) is 0 Å². The van der Waals surface area contributed by atoms with Gasteiger partial charge in [0.2, 0.25) is 0 Å². The maximum Gasteiger partial charge on any atom is 0.319 e. The van der Waals surface area contributed by atoms with Crippen LogP contribution in [0.2, 0.25) is 0 Å². The van der Waals surface area contributed by atoms with Gasteiger partial charge in [0.1, 0.15) is 5.75 Å². The zero-order chi connectivity index (χ0) is 21.9. The second-order valence-corrected chi connectivity index (χ2v) is 7.10. The van der Waals surface area contributed by atoms with Crippen molar-refractivity contribution in [3.8, 4) is 17.2 Å². The molecule has 0 fully saturated rings. The van der Waals surface area contributed by atoms with Crippen molar-refractivity contribution in [2.24, 2.45) is 0 Å². The third kappa shape index (κ3) is 7.15. The number of rotatable bonds is 11. The monoisotopic (exact) mass is 415 g/mol. The Morgan fingerprint density at radius 3 is 2.23 bits per heavy atom. The SMILES string of the molecule is CCC(CC)NC(=O)Nc1ccc(Oc2ccc(NC(C)COC)cc2)c(OC)c1. The van der Waals surface area contributed by atoms with Crippen LogP contribution in [-0.2, 0) is 4.74 Å². The highest BCUT2D eigenvalue weighted by Crippen LogP contribution is 2.34. The van der Waals surface area contributed by atoms with Gasteiger partial charge in [-0.1, -0.05) is 13.8 Å². The summed E-state index contributed by atoms with van der Waals surface area (Å²) in [6.45, 7) is 6.78. The van der Waals surface area contributed by atoms with Gasteiger partial charge in [-0.05, 0) is 56.2 Å². The van der Waals surface area contributed by atoms with Crippen LogP contribution in [0.4, 0.5) is 16.2 Å². The maximum absolute atomic E-state index is 12.2. The van der Waals surface area contributed by atoms with Crippen molar-refractivity contribution in [2.75, 3.05) is 31.5 Å². The van der Waals surface area contributed by atoms with Crippen molar-refractivity contribution in [2.45, 2.75) is 45.7 Å². The molecule has 164 valence electrons. The molecule has 0 aliphatic carbocycles. The first-order valence-corrected chi connectivity index (χ1v) is 10.3. The van der Waals surface area contributed by atoms with Crippen LogP contribution in [0.25, 0.3) is 0 Å². The fraction of sp³-hybridized carbons (Fsp3) is 0.435. The zero-order valence-corrected chi connectivity index (χ0v) is 18.5. The summed E-state index contributed by atoms with van der Waals surface area (Å²) in [7, 11) is 3.25. The Labute approximate surface area is 179 Å². The summed E-state index contributed by atoms with van der Waals surface area (Å²) in [5, 5.41) is 9.14.